The Bertz CT molecular complexity index is 1040. The number of carbonyl (C=O) groups is 1. The van der Waals surface area contributed by atoms with Crippen molar-refractivity contribution in [1.29, 1.82) is 0 Å². The fourth-order valence-electron chi connectivity index (χ4n) is 2.69. The van der Waals surface area contributed by atoms with Crippen LogP contribution in [-0.2, 0) is 11.3 Å². The van der Waals surface area contributed by atoms with Gasteiger partial charge in [0.15, 0.2) is 11.5 Å². The zero-order chi connectivity index (χ0) is 20.1. The molecule has 3 rings (SSSR count). The fourth-order valence-corrected chi connectivity index (χ4v) is 2.69. The summed E-state index contributed by atoms with van der Waals surface area (Å²) in [4.78, 5) is 24.4. The highest BCUT2D eigenvalue weighted by Gasteiger charge is 2.11. The molecule has 2 aromatic carbocycles. The van der Waals surface area contributed by atoms with Gasteiger partial charge in [-0.2, -0.15) is 5.10 Å². The Balaban J connectivity index is 1.82. The minimum atomic E-state index is -0.358. The van der Waals surface area contributed by atoms with Crippen LogP contribution in [0.4, 0.5) is 5.69 Å². The summed E-state index contributed by atoms with van der Waals surface area (Å²) in [5, 5.41) is 7.08. The molecule has 0 radical (unpaired) electrons. The van der Waals surface area contributed by atoms with Crippen molar-refractivity contribution >= 4 is 11.6 Å². The Hall–Kier alpha value is -3.61. The van der Waals surface area contributed by atoms with Gasteiger partial charge in [-0.25, -0.2) is 4.68 Å². The number of anilines is 1. The van der Waals surface area contributed by atoms with Gasteiger partial charge in [0.05, 0.1) is 19.9 Å². The van der Waals surface area contributed by atoms with Crippen LogP contribution in [0.25, 0.3) is 11.3 Å². The van der Waals surface area contributed by atoms with E-state index in [-0.39, 0.29) is 18.0 Å². The number of hydrogen-bond acceptors (Lipinski definition) is 5. The van der Waals surface area contributed by atoms with Crippen molar-refractivity contribution in [2.75, 3.05) is 19.5 Å². The molecule has 0 fully saturated rings. The van der Waals surface area contributed by atoms with E-state index in [1.807, 2.05) is 37.3 Å². The van der Waals surface area contributed by atoms with E-state index >= 15 is 0 Å². The summed E-state index contributed by atoms with van der Waals surface area (Å²) in [6.45, 7) is 1.78. The van der Waals surface area contributed by atoms with Crippen molar-refractivity contribution < 1.29 is 14.3 Å². The van der Waals surface area contributed by atoms with E-state index in [1.54, 1.807) is 32.4 Å². The van der Waals surface area contributed by atoms with Crippen LogP contribution in [0.3, 0.4) is 0 Å². The molecule has 7 nitrogen and oxygen atoms in total. The molecule has 0 aliphatic carbocycles. The number of aromatic nitrogens is 2. The van der Waals surface area contributed by atoms with Gasteiger partial charge < -0.3 is 14.8 Å². The van der Waals surface area contributed by atoms with E-state index in [9.17, 15) is 9.59 Å². The number of nitrogens with zero attached hydrogens (tertiary/aromatic N) is 2. The van der Waals surface area contributed by atoms with Crippen molar-refractivity contribution in [3.05, 3.63) is 70.5 Å². The molecule has 0 unspecified atom stereocenters. The van der Waals surface area contributed by atoms with Crippen molar-refractivity contribution in [3.8, 4) is 22.8 Å². The van der Waals surface area contributed by atoms with Crippen LogP contribution in [-0.4, -0.2) is 29.9 Å². The van der Waals surface area contributed by atoms with Gasteiger partial charge in [0.25, 0.3) is 5.56 Å². The highest BCUT2D eigenvalue weighted by atomic mass is 16.5. The number of rotatable bonds is 6. The summed E-state index contributed by atoms with van der Waals surface area (Å²) in [6, 6.07) is 15.8. The highest BCUT2D eigenvalue weighted by molar-refractivity contribution is 5.90. The van der Waals surface area contributed by atoms with Crippen LogP contribution in [0, 0.1) is 6.92 Å². The summed E-state index contributed by atoms with van der Waals surface area (Å²) in [5.41, 5.74) is 2.69. The van der Waals surface area contributed by atoms with Gasteiger partial charge in [-0.05, 0) is 43.3 Å². The van der Waals surface area contributed by atoms with E-state index in [0.29, 0.717) is 22.9 Å². The summed E-state index contributed by atoms with van der Waals surface area (Å²) in [5.74, 6) is 0.816. The quantitative estimate of drug-likeness (QED) is 0.712. The first kappa shape index (κ1) is 19.2. The van der Waals surface area contributed by atoms with Crippen LogP contribution in [0.2, 0.25) is 0 Å². The molecule has 0 bridgehead atoms. The standard InChI is InChI=1S/C21H21N3O4/c1-14-4-7-16(8-5-14)22-20(25)13-24-21(26)11-9-17(23-24)15-6-10-18(27-2)19(12-15)28-3/h4-12H,13H2,1-3H3,(H,22,25). The van der Waals surface area contributed by atoms with Gasteiger partial charge in [0, 0.05) is 17.3 Å². The van der Waals surface area contributed by atoms with E-state index in [1.165, 1.54) is 6.07 Å². The van der Waals surface area contributed by atoms with Gasteiger partial charge >= 0.3 is 0 Å². The van der Waals surface area contributed by atoms with Gasteiger partial charge in [0.2, 0.25) is 5.91 Å². The molecule has 1 aromatic heterocycles. The van der Waals surface area contributed by atoms with Crippen LogP contribution in [0.15, 0.2) is 59.4 Å². The SMILES string of the molecule is COc1ccc(-c2ccc(=O)n(CC(=O)Nc3ccc(C)cc3)n2)cc1OC. The predicted octanol–water partition coefficient (Wildman–Crippen LogP) is 2.87. The second-order valence-corrected chi connectivity index (χ2v) is 6.20. The Morgan fingerprint density at radius 1 is 1.00 bits per heavy atom. The Morgan fingerprint density at radius 2 is 1.71 bits per heavy atom. The number of methoxy groups -OCH3 is 2. The second-order valence-electron chi connectivity index (χ2n) is 6.20. The van der Waals surface area contributed by atoms with E-state index in [2.05, 4.69) is 10.4 Å². The molecule has 0 saturated carbocycles. The maximum absolute atomic E-state index is 12.3. The molecule has 1 N–H and O–H groups in total. The Kier molecular flexibility index (Phi) is 5.74. The molecule has 0 aliphatic heterocycles. The molecule has 1 amide bonds. The molecule has 144 valence electrons. The smallest absolute Gasteiger partial charge is 0.267 e. The third-order valence-electron chi connectivity index (χ3n) is 4.17. The maximum Gasteiger partial charge on any atom is 0.267 e. The number of amides is 1. The monoisotopic (exact) mass is 379 g/mol. The topological polar surface area (TPSA) is 82.5 Å². The van der Waals surface area contributed by atoms with Gasteiger partial charge in [-0.3, -0.25) is 9.59 Å². The maximum atomic E-state index is 12.3. The number of nitrogens with one attached hydrogen (secondary N) is 1. The average molecular weight is 379 g/mol. The summed E-state index contributed by atoms with van der Waals surface area (Å²) in [6.07, 6.45) is 0. The second kappa shape index (κ2) is 8.39. The minimum Gasteiger partial charge on any atom is -0.493 e. The van der Waals surface area contributed by atoms with Gasteiger partial charge in [-0.1, -0.05) is 17.7 Å². The lowest BCUT2D eigenvalue weighted by molar-refractivity contribution is -0.117. The van der Waals surface area contributed by atoms with Crippen molar-refractivity contribution in [2.24, 2.45) is 0 Å². The number of carbonyl (C=O) groups excluding carboxylic acids is 1. The summed E-state index contributed by atoms with van der Waals surface area (Å²) in [7, 11) is 3.11. The lowest BCUT2D eigenvalue weighted by Gasteiger charge is -2.11. The van der Waals surface area contributed by atoms with Crippen molar-refractivity contribution in [3.63, 3.8) is 0 Å². The summed E-state index contributed by atoms with van der Waals surface area (Å²) < 4.78 is 11.7. The zero-order valence-corrected chi connectivity index (χ0v) is 15.9. The normalized spacial score (nSPS) is 10.4. The lowest BCUT2D eigenvalue weighted by atomic mass is 10.1. The van der Waals surface area contributed by atoms with Crippen molar-refractivity contribution in [2.45, 2.75) is 13.5 Å². The molecule has 3 aromatic rings. The predicted molar refractivity (Wildman–Crippen MR) is 107 cm³/mol. The molecule has 1 heterocycles. The van der Waals surface area contributed by atoms with E-state index in [0.717, 1.165) is 15.8 Å². The Labute approximate surface area is 162 Å². The molecule has 7 heteroatoms. The van der Waals surface area contributed by atoms with Crippen molar-refractivity contribution in [1.82, 2.24) is 9.78 Å². The first-order chi connectivity index (χ1) is 13.5. The van der Waals surface area contributed by atoms with E-state index in [4.69, 9.17) is 9.47 Å². The average Bonchev–Trinajstić information content (AvgIpc) is 2.70. The first-order valence-electron chi connectivity index (χ1n) is 8.67. The largest absolute Gasteiger partial charge is 0.493 e. The fraction of sp³-hybridized carbons (Fsp3) is 0.190. The number of aryl methyl sites for hydroxylation is 1. The molecule has 0 aliphatic rings. The van der Waals surface area contributed by atoms with Crippen LogP contribution in [0.5, 0.6) is 11.5 Å². The Morgan fingerprint density at radius 3 is 2.39 bits per heavy atom. The number of ether oxygens (including phenoxy) is 2. The third-order valence-corrected chi connectivity index (χ3v) is 4.17. The molecular formula is C21H21N3O4. The molecule has 0 atom stereocenters. The first-order valence-corrected chi connectivity index (χ1v) is 8.67. The zero-order valence-electron chi connectivity index (χ0n) is 15.9. The lowest BCUT2D eigenvalue weighted by Crippen LogP contribution is -2.29. The van der Waals surface area contributed by atoms with Crippen LogP contribution >= 0.6 is 0 Å². The molecule has 0 spiro atoms. The highest BCUT2D eigenvalue weighted by Crippen LogP contribution is 2.31. The van der Waals surface area contributed by atoms with Crippen LogP contribution in [0.1, 0.15) is 5.56 Å². The van der Waals surface area contributed by atoms with Crippen LogP contribution < -0.4 is 20.3 Å². The van der Waals surface area contributed by atoms with Gasteiger partial charge in [0.1, 0.15) is 6.54 Å². The molecular weight excluding hydrogens is 358 g/mol. The minimum absolute atomic E-state index is 0.187. The molecule has 0 saturated heterocycles. The number of hydrogen-bond donors (Lipinski definition) is 1. The number of benzene rings is 2. The van der Waals surface area contributed by atoms with Gasteiger partial charge in [-0.15, -0.1) is 0 Å². The molecule has 28 heavy (non-hydrogen) atoms. The van der Waals surface area contributed by atoms with E-state index < -0.39 is 0 Å². The third kappa shape index (κ3) is 4.37. The summed E-state index contributed by atoms with van der Waals surface area (Å²) >= 11 is 0.